The van der Waals surface area contributed by atoms with Gasteiger partial charge >= 0.3 is 0 Å². The molecule has 3 heterocycles. The molecule has 6 aliphatic rings. The van der Waals surface area contributed by atoms with Gasteiger partial charge < -0.3 is 14.2 Å². The van der Waals surface area contributed by atoms with E-state index in [0.29, 0.717) is 0 Å². The van der Waals surface area contributed by atoms with Gasteiger partial charge in [-0.3, -0.25) is 0 Å². The Labute approximate surface area is 453 Å². The van der Waals surface area contributed by atoms with E-state index >= 15 is 0 Å². The highest BCUT2D eigenvalue weighted by molar-refractivity contribution is 6.12. The molecule has 0 N–H and O–H groups in total. The number of rotatable bonds is 2. The Morgan fingerprint density at radius 3 is 1.70 bits per heavy atom. The second-order valence-electron chi connectivity index (χ2n) is 29.2. The number of para-hydroxylation sites is 2. The highest BCUT2D eigenvalue weighted by atomic mass is 16.3. The summed E-state index contributed by atoms with van der Waals surface area (Å²) < 4.78 is 7.09. The molecule has 14 rings (SSSR count). The maximum absolute atomic E-state index is 7.09. The monoisotopic (exact) mass is 999 g/mol. The van der Waals surface area contributed by atoms with Gasteiger partial charge in [-0.2, -0.15) is 0 Å². The Kier molecular flexibility index (Phi) is 9.51. The van der Waals surface area contributed by atoms with Crippen LogP contribution in [-0.4, -0.2) is 0 Å². The summed E-state index contributed by atoms with van der Waals surface area (Å²) in [7, 11) is 0. The van der Waals surface area contributed by atoms with Crippen LogP contribution in [0.1, 0.15) is 213 Å². The number of benzene rings is 7. The molecule has 0 spiro atoms. The van der Waals surface area contributed by atoms with E-state index in [1.807, 2.05) is 0 Å². The van der Waals surface area contributed by atoms with Crippen molar-refractivity contribution in [3.63, 3.8) is 0 Å². The van der Waals surface area contributed by atoms with E-state index in [9.17, 15) is 0 Å². The smallest absolute Gasteiger partial charge is 0.159 e. The van der Waals surface area contributed by atoms with Crippen molar-refractivity contribution >= 4 is 56.1 Å². The largest absolute Gasteiger partial charge is 0.454 e. The van der Waals surface area contributed by atoms with Crippen LogP contribution in [0, 0.1) is 6.92 Å². The summed E-state index contributed by atoms with van der Waals surface area (Å²) in [6, 6.07) is 46.2. The van der Waals surface area contributed by atoms with E-state index in [1.54, 1.807) is 5.56 Å². The molecular weight excluding hydrogens is 921 g/mol. The summed E-state index contributed by atoms with van der Waals surface area (Å²) in [5, 5.41) is 2.30. The third-order valence-corrected chi connectivity index (χ3v) is 20.7. The normalized spacial score (nSPS) is 21.3. The number of furan rings is 1. The Morgan fingerprint density at radius 1 is 0.487 bits per heavy atom. The molecule has 1 atom stereocenters. The molecule has 0 bridgehead atoms. The summed E-state index contributed by atoms with van der Waals surface area (Å²) in [6.45, 7) is 39.3. The fourth-order valence-corrected chi connectivity index (χ4v) is 15.7. The van der Waals surface area contributed by atoms with E-state index in [0.717, 1.165) is 34.0 Å². The number of hydrogen-bond acceptors (Lipinski definition) is 3. The van der Waals surface area contributed by atoms with Gasteiger partial charge in [0.05, 0.1) is 28.4 Å². The van der Waals surface area contributed by atoms with Crippen molar-refractivity contribution in [2.24, 2.45) is 0 Å². The van der Waals surface area contributed by atoms with Gasteiger partial charge in [-0.15, -0.1) is 0 Å². The standard InChI is InChI=1S/C73H78N2O/c1-41-32-60-64-61(33-41)75(58-22-19-21-46-45-20-17-18-23-62(45)76-66(46)58)59-40-57-54(72(13,14)55-38-52-53(39-56(55)73(57,15)16)71(11,12)31-30-70(52,9)10)37-48(59)63(64)49-34-42-24-25-43(67(2,3)4)35-47(42)65(49)74(60)44-26-27-50-51(36-44)69(7,8)29-28-68(50,5)6/h17-27,32-33,35-40,63H,28-31,34H2,1-16H3. The quantitative estimate of drug-likeness (QED) is 0.172. The average Bonchev–Trinajstić information content (AvgIpc) is 4.04. The highest BCUT2D eigenvalue weighted by Gasteiger charge is 2.51. The first kappa shape index (κ1) is 48.1. The van der Waals surface area contributed by atoms with Gasteiger partial charge in [-0.25, -0.2) is 0 Å². The Balaban J connectivity index is 1.10. The molecular formula is C73H78N2O. The first-order valence-corrected chi connectivity index (χ1v) is 28.7. The molecule has 0 saturated carbocycles. The van der Waals surface area contributed by atoms with Crippen LogP contribution < -0.4 is 9.80 Å². The molecule has 1 unspecified atom stereocenters. The maximum atomic E-state index is 7.09. The molecule has 0 fully saturated rings. The summed E-state index contributed by atoms with van der Waals surface area (Å²) in [6.07, 6.45) is 5.66. The van der Waals surface area contributed by atoms with Crippen molar-refractivity contribution in [1.29, 1.82) is 0 Å². The predicted octanol–water partition coefficient (Wildman–Crippen LogP) is 19.9. The molecule has 8 aromatic rings. The zero-order valence-electron chi connectivity index (χ0n) is 48.4. The van der Waals surface area contributed by atoms with Crippen molar-refractivity contribution < 1.29 is 4.42 Å². The lowest BCUT2D eigenvalue weighted by atomic mass is 9.55. The summed E-state index contributed by atoms with van der Waals surface area (Å²) in [4.78, 5) is 5.37. The van der Waals surface area contributed by atoms with Crippen LogP contribution >= 0.6 is 0 Å². The SMILES string of the molecule is Cc1cc2c3c(c1)N(c1cccc4c1oc1ccccc14)c1cc4c(cc1C3C1=C(c3cc(C(C)(C)C)ccc3C1)N2c1ccc2c(c1)C(C)(C)CCC2(C)C)C(C)(C)c1cc2c(cc1C4(C)C)C(C)(C)CCC2(C)C. The van der Waals surface area contributed by atoms with Crippen LogP contribution in [0.25, 0.3) is 27.6 Å². The topological polar surface area (TPSA) is 19.6 Å². The van der Waals surface area contributed by atoms with Crippen molar-refractivity contribution in [3.8, 4) is 0 Å². The zero-order valence-corrected chi connectivity index (χ0v) is 48.4. The van der Waals surface area contributed by atoms with Crippen molar-refractivity contribution in [1.82, 2.24) is 0 Å². The molecule has 0 radical (unpaired) electrons. The van der Waals surface area contributed by atoms with E-state index < -0.39 is 0 Å². The van der Waals surface area contributed by atoms with Crippen LogP contribution in [-0.2, 0) is 44.3 Å². The Bertz CT molecular complexity index is 3920. The highest BCUT2D eigenvalue weighted by Crippen LogP contribution is 2.66. The molecule has 3 heteroatoms. The number of allylic oxidation sites excluding steroid dienone is 1. The van der Waals surface area contributed by atoms with Crippen LogP contribution in [0.3, 0.4) is 0 Å². The van der Waals surface area contributed by atoms with Crippen LogP contribution in [0.2, 0.25) is 0 Å². The minimum Gasteiger partial charge on any atom is -0.454 e. The molecule has 0 saturated heterocycles. The first-order valence-electron chi connectivity index (χ1n) is 28.7. The van der Waals surface area contributed by atoms with E-state index in [1.165, 1.54) is 132 Å². The van der Waals surface area contributed by atoms with E-state index in [2.05, 4.69) is 236 Å². The van der Waals surface area contributed by atoms with Gasteiger partial charge in [0.25, 0.3) is 0 Å². The van der Waals surface area contributed by atoms with E-state index in [-0.39, 0.29) is 43.8 Å². The first-order chi connectivity index (χ1) is 35.7. The summed E-state index contributed by atoms with van der Waals surface area (Å²) >= 11 is 0. The second kappa shape index (κ2) is 15.0. The van der Waals surface area contributed by atoms with Crippen molar-refractivity contribution in [2.45, 2.75) is 187 Å². The second-order valence-corrected chi connectivity index (χ2v) is 29.2. The third-order valence-electron chi connectivity index (χ3n) is 20.7. The zero-order chi connectivity index (χ0) is 53.3. The fraction of sp³-hybridized carbons (Fsp3) is 0.397. The van der Waals surface area contributed by atoms with Gasteiger partial charge in [-0.1, -0.05) is 171 Å². The number of fused-ring (bicyclic) bond motifs is 12. The number of aryl methyl sites for hydroxylation is 1. The van der Waals surface area contributed by atoms with Gasteiger partial charge in [0.1, 0.15) is 5.58 Å². The molecule has 4 aliphatic carbocycles. The Hall–Kier alpha value is -6.32. The van der Waals surface area contributed by atoms with Gasteiger partial charge in [0, 0.05) is 44.3 Å². The minimum absolute atomic E-state index is 0.00546. The van der Waals surface area contributed by atoms with Crippen molar-refractivity contribution in [3.05, 3.63) is 199 Å². The molecule has 76 heavy (non-hydrogen) atoms. The molecule has 386 valence electrons. The molecule has 1 aromatic heterocycles. The van der Waals surface area contributed by atoms with Gasteiger partial charge in [0.2, 0.25) is 0 Å². The number of anilines is 5. The minimum atomic E-state index is -0.271. The van der Waals surface area contributed by atoms with Crippen LogP contribution in [0.5, 0.6) is 0 Å². The van der Waals surface area contributed by atoms with Gasteiger partial charge in [0.15, 0.2) is 5.58 Å². The number of hydrogen-bond donors (Lipinski definition) is 0. The lowest BCUT2D eigenvalue weighted by Crippen LogP contribution is -2.41. The molecule has 2 aliphatic heterocycles. The lowest BCUT2D eigenvalue weighted by Gasteiger charge is -2.50. The number of nitrogens with zero attached hydrogens (tertiary/aromatic N) is 2. The lowest BCUT2D eigenvalue weighted by molar-refractivity contribution is 0.329. The molecule has 0 amide bonds. The van der Waals surface area contributed by atoms with Gasteiger partial charge in [-0.05, 0) is 187 Å². The Morgan fingerprint density at radius 2 is 1.05 bits per heavy atom. The van der Waals surface area contributed by atoms with E-state index in [4.69, 9.17) is 4.42 Å². The third kappa shape index (κ3) is 6.41. The average molecular weight is 999 g/mol. The summed E-state index contributed by atoms with van der Waals surface area (Å²) in [5.74, 6) is 0.0188. The fourth-order valence-electron chi connectivity index (χ4n) is 15.7. The predicted molar refractivity (Wildman–Crippen MR) is 321 cm³/mol. The molecule has 7 aromatic carbocycles. The van der Waals surface area contributed by atoms with Crippen LogP contribution in [0.4, 0.5) is 28.4 Å². The summed E-state index contributed by atoms with van der Waals surface area (Å²) in [5.41, 5.74) is 30.8. The molecule has 3 nitrogen and oxygen atoms in total. The van der Waals surface area contributed by atoms with Crippen LogP contribution in [0.15, 0.2) is 125 Å². The maximum Gasteiger partial charge on any atom is 0.159 e. The van der Waals surface area contributed by atoms with Crippen molar-refractivity contribution in [2.75, 3.05) is 9.80 Å².